The van der Waals surface area contributed by atoms with Crippen LogP contribution in [0.2, 0.25) is 0 Å². The van der Waals surface area contributed by atoms with Gasteiger partial charge in [0, 0.05) is 0 Å². The highest BCUT2D eigenvalue weighted by Gasteiger charge is 2.68. The predicted molar refractivity (Wildman–Crippen MR) is 80.8 cm³/mol. The fraction of sp³-hybridized carbons (Fsp3) is 0.389. The van der Waals surface area contributed by atoms with Crippen molar-refractivity contribution in [3.63, 3.8) is 0 Å². The summed E-state index contributed by atoms with van der Waals surface area (Å²) in [5.74, 6) is -0.117. The number of rotatable bonds is 2. The molecule has 1 saturated carbocycles. The van der Waals surface area contributed by atoms with Gasteiger partial charge in [-0.2, -0.15) is 0 Å². The Morgan fingerprint density at radius 2 is 1.70 bits per heavy atom. The summed E-state index contributed by atoms with van der Waals surface area (Å²) in [7, 11) is 1.48. The predicted octanol–water partition coefficient (Wildman–Crippen LogP) is 3.99. The molecule has 3 rings (SSSR count). The zero-order valence-corrected chi connectivity index (χ0v) is 12.5. The van der Waals surface area contributed by atoms with Crippen molar-refractivity contribution in [2.75, 3.05) is 7.11 Å². The van der Waals surface area contributed by atoms with Gasteiger partial charge in [-0.3, -0.25) is 4.79 Å². The van der Waals surface area contributed by atoms with Gasteiger partial charge < -0.3 is 4.74 Å². The second-order valence-corrected chi connectivity index (χ2v) is 6.52. The van der Waals surface area contributed by atoms with Crippen LogP contribution in [0, 0.1) is 12.3 Å². The monoisotopic (exact) mass is 268 g/mol. The zero-order valence-electron chi connectivity index (χ0n) is 12.5. The van der Waals surface area contributed by atoms with Gasteiger partial charge in [-0.25, -0.2) is 0 Å². The van der Waals surface area contributed by atoms with Gasteiger partial charge in [0.1, 0.15) is 0 Å². The molecule has 0 N–H and O–H groups in total. The molecule has 0 saturated heterocycles. The molecule has 0 bridgehead atoms. The highest BCUT2D eigenvalue weighted by atomic mass is 16.5. The van der Waals surface area contributed by atoms with E-state index in [0.717, 1.165) is 12.0 Å². The molecule has 20 heavy (non-hydrogen) atoms. The number of carbonyl (C=O) groups is 1. The van der Waals surface area contributed by atoms with Crippen molar-refractivity contribution >= 4 is 16.7 Å². The largest absolute Gasteiger partial charge is 0.468 e. The van der Waals surface area contributed by atoms with E-state index in [2.05, 4.69) is 57.2 Å². The minimum atomic E-state index is -0.471. The van der Waals surface area contributed by atoms with Crippen LogP contribution < -0.4 is 0 Å². The first-order valence-electron chi connectivity index (χ1n) is 7.00. The normalized spacial score (nSPS) is 23.6. The van der Waals surface area contributed by atoms with E-state index >= 15 is 0 Å². The lowest BCUT2D eigenvalue weighted by Crippen LogP contribution is -2.27. The summed E-state index contributed by atoms with van der Waals surface area (Å²) in [6.45, 7) is 6.35. The summed E-state index contributed by atoms with van der Waals surface area (Å²) in [5, 5.41) is 2.39. The van der Waals surface area contributed by atoms with Gasteiger partial charge in [0.25, 0.3) is 0 Å². The third-order valence-corrected chi connectivity index (χ3v) is 4.76. The Kier molecular flexibility index (Phi) is 2.69. The van der Waals surface area contributed by atoms with Gasteiger partial charge in [0.2, 0.25) is 0 Å². The lowest BCUT2D eigenvalue weighted by Gasteiger charge is -2.19. The van der Waals surface area contributed by atoms with E-state index in [0.29, 0.717) is 0 Å². The first-order chi connectivity index (χ1) is 9.40. The Bertz CT molecular complexity index is 700. The summed E-state index contributed by atoms with van der Waals surface area (Å²) in [6, 6.07) is 12.7. The maximum atomic E-state index is 12.3. The summed E-state index contributed by atoms with van der Waals surface area (Å²) >= 11 is 0. The molecule has 0 aromatic heterocycles. The van der Waals surface area contributed by atoms with E-state index in [4.69, 9.17) is 4.74 Å². The van der Waals surface area contributed by atoms with Crippen molar-refractivity contribution in [3.05, 3.63) is 47.5 Å². The number of fused-ring (bicyclic) bond motifs is 1. The van der Waals surface area contributed by atoms with Crippen LogP contribution in [0.4, 0.5) is 0 Å². The Hall–Kier alpha value is -1.83. The summed E-state index contributed by atoms with van der Waals surface area (Å²) in [6.07, 6.45) is 0.851. The van der Waals surface area contributed by atoms with E-state index in [1.807, 2.05) is 0 Å². The molecule has 1 atom stereocenters. The Labute approximate surface area is 119 Å². The molecule has 2 heteroatoms. The Morgan fingerprint density at radius 3 is 2.30 bits per heavy atom. The van der Waals surface area contributed by atoms with Crippen molar-refractivity contribution < 1.29 is 9.53 Å². The number of ether oxygens (including phenoxy) is 1. The number of benzene rings is 2. The molecule has 2 aromatic rings. The average Bonchev–Trinajstić information content (AvgIpc) is 3.01. The second-order valence-electron chi connectivity index (χ2n) is 6.52. The summed E-state index contributed by atoms with van der Waals surface area (Å²) in [5.41, 5.74) is 1.82. The van der Waals surface area contributed by atoms with E-state index in [-0.39, 0.29) is 11.4 Å². The highest BCUT2D eigenvalue weighted by molar-refractivity contribution is 5.91. The molecule has 0 aliphatic heterocycles. The smallest absolute Gasteiger partial charge is 0.316 e. The third-order valence-electron chi connectivity index (χ3n) is 4.76. The summed E-state index contributed by atoms with van der Waals surface area (Å²) < 4.78 is 5.06. The maximum absolute atomic E-state index is 12.3. The minimum absolute atomic E-state index is 0.0293. The van der Waals surface area contributed by atoms with Crippen molar-refractivity contribution in [3.8, 4) is 0 Å². The molecular formula is C18H20O2. The molecule has 1 aliphatic rings. The van der Waals surface area contributed by atoms with Gasteiger partial charge >= 0.3 is 5.97 Å². The van der Waals surface area contributed by atoms with Crippen LogP contribution in [-0.2, 0) is 14.9 Å². The van der Waals surface area contributed by atoms with E-state index in [1.54, 1.807) is 0 Å². The van der Waals surface area contributed by atoms with Crippen molar-refractivity contribution in [2.24, 2.45) is 5.41 Å². The number of hydrogen-bond acceptors (Lipinski definition) is 2. The van der Waals surface area contributed by atoms with Gasteiger partial charge in [0.05, 0.1) is 12.5 Å². The first kappa shape index (κ1) is 13.2. The number of methoxy groups -OCH3 is 1. The molecule has 0 heterocycles. The molecule has 0 spiro atoms. The quantitative estimate of drug-likeness (QED) is 0.770. The van der Waals surface area contributed by atoms with Crippen LogP contribution in [-0.4, -0.2) is 13.1 Å². The SMILES string of the molecule is COC(=O)C1(c2ccc3cc(C)ccc3c2)CC1(C)C. The minimum Gasteiger partial charge on any atom is -0.468 e. The van der Waals surface area contributed by atoms with Crippen LogP contribution in [0.25, 0.3) is 10.8 Å². The van der Waals surface area contributed by atoms with E-state index in [9.17, 15) is 4.79 Å². The molecule has 104 valence electrons. The fourth-order valence-electron chi connectivity index (χ4n) is 3.38. The van der Waals surface area contributed by atoms with Crippen LogP contribution in [0.15, 0.2) is 36.4 Å². The van der Waals surface area contributed by atoms with Crippen LogP contribution in [0.5, 0.6) is 0 Å². The number of esters is 1. The molecule has 1 aliphatic carbocycles. The lowest BCUT2D eigenvalue weighted by molar-refractivity contribution is -0.144. The number of carbonyl (C=O) groups excluding carboxylic acids is 1. The Balaban J connectivity index is 2.14. The standard InChI is InChI=1S/C18H20O2/c1-12-5-6-14-10-15(8-7-13(14)9-12)18(16(19)20-4)11-17(18,2)3/h5-10H,11H2,1-4H3. The molecule has 0 amide bonds. The molecule has 2 nitrogen and oxygen atoms in total. The van der Waals surface area contributed by atoms with Crippen LogP contribution >= 0.6 is 0 Å². The van der Waals surface area contributed by atoms with Gasteiger partial charge in [-0.15, -0.1) is 0 Å². The van der Waals surface area contributed by atoms with Crippen molar-refractivity contribution in [1.82, 2.24) is 0 Å². The van der Waals surface area contributed by atoms with Crippen molar-refractivity contribution in [2.45, 2.75) is 32.6 Å². The molecule has 1 unspecified atom stereocenters. The topological polar surface area (TPSA) is 26.3 Å². The van der Waals surface area contributed by atoms with E-state index < -0.39 is 5.41 Å². The summed E-state index contributed by atoms with van der Waals surface area (Å²) in [4.78, 5) is 12.3. The number of hydrogen-bond donors (Lipinski definition) is 0. The Morgan fingerprint density at radius 1 is 1.10 bits per heavy atom. The average molecular weight is 268 g/mol. The van der Waals surface area contributed by atoms with Gasteiger partial charge in [0.15, 0.2) is 0 Å². The van der Waals surface area contributed by atoms with Gasteiger partial charge in [-0.05, 0) is 41.2 Å². The molecule has 1 fully saturated rings. The highest BCUT2D eigenvalue weighted by Crippen LogP contribution is 2.65. The molecule has 2 aromatic carbocycles. The van der Waals surface area contributed by atoms with E-state index in [1.165, 1.54) is 23.4 Å². The maximum Gasteiger partial charge on any atom is 0.316 e. The fourth-order valence-corrected chi connectivity index (χ4v) is 3.38. The number of aryl methyl sites for hydroxylation is 1. The van der Waals surface area contributed by atoms with Crippen LogP contribution in [0.3, 0.4) is 0 Å². The third kappa shape index (κ3) is 1.67. The van der Waals surface area contributed by atoms with Gasteiger partial charge in [-0.1, -0.05) is 49.7 Å². The zero-order chi connectivity index (χ0) is 14.5. The molecule has 0 radical (unpaired) electrons. The second kappa shape index (κ2) is 4.08. The molecular weight excluding hydrogens is 248 g/mol. The van der Waals surface area contributed by atoms with Crippen LogP contribution in [0.1, 0.15) is 31.4 Å². The van der Waals surface area contributed by atoms with Crippen molar-refractivity contribution in [1.29, 1.82) is 0 Å². The lowest BCUT2D eigenvalue weighted by atomic mass is 9.86. The first-order valence-corrected chi connectivity index (χ1v) is 7.00.